The average molecular weight is 216 g/mol. The molecule has 0 saturated heterocycles. The lowest BCUT2D eigenvalue weighted by molar-refractivity contribution is 1.09. The molecule has 0 aliphatic carbocycles. The van der Waals surface area contributed by atoms with Gasteiger partial charge < -0.3 is 0 Å². The van der Waals surface area contributed by atoms with Crippen molar-refractivity contribution in [1.82, 2.24) is 9.38 Å². The van der Waals surface area contributed by atoms with E-state index < -0.39 is 0 Å². The highest BCUT2D eigenvalue weighted by molar-refractivity contribution is 5.45. The fourth-order valence-electron chi connectivity index (χ4n) is 1.30. The molecule has 0 aliphatic rings. The fourth-order valence-corrected chi connectivity index (χ4v) is 1.30. The van der Waals surface area contributed by atoms with E-state index in [0.29, 0.717) is 0 Å². The van der Waals surface area contributed by atoms with Gasteiger partial charge in [0.15, 0.2) is 0 Å². The standard InChI is InChI=1S/C10H8N2.2C2H6/c1-3-9-5-4-6-10-11-7-8(2)12(9)10;2*1-2/h1,4-7H,2H3;2*1-2H3. The Balaban J connectivity index is 0.000000509. The highest BCUT2D eigenvalue weighted by Gasteiger charge is 2.00. The molecular formula is C14H20N2. The van der Waals surface area contributed by atoms with Gasteiger partial charge in [-0.3, -0.25) is 4.40 Å². The summed E-state index contributed by atoms with van der Waals surface area (Å²) < 4.78 is 1.96. The molecule has 0 N–H and O–H groups in total. The second kappa shape index (κ2) is 7.53. The van der Waals surface area contributed by atoms with Crippen LogP contribution in [0.1, 0.15) is 39.1 Å². The van der Waals surface area contributed by atoms with Gasteiger partial charge in [-0.15, -0.1) is 6.42 Å². The largest absolute Gasteiger partial charge is 0.290 e. The van der Waals surface area contributed by atoms with Gasteiger partial charge in [-0.2, -0.15) is 0 Å². The molecule has 0 aliphatic heterocycles. The molecule has 0 amide bonds. The van der Waals surface area contributed by atoms with Crippen LogP contribution in [-0.2, 0) is 0 Å². The van der Waals surface area contributed by atoms with Crippen LogP contribution < -0.4 is 0 Å². The Morgan fingerprint density at radius 2 is 1.81 bits per heavy atom. The Morgan fingerprint density at radius 1 is 1.19 bits per heavy atom. The lowest BCUT2D eigenvalue weighted by Crippen LogP contribution is -1.92. The molecule has 0 bridgehead atoms. The van der Waals surface area contributed by atoms with Gasteiger partial charge in [0.25, 0.3) is 0 Å². The molecule has 86 valence electrons. The third-order valence-corrected chi connectivity index (χ3v) is 1.85. The van der Waals surface area contributed by atoms with E-state index in [1.807, 2.05) is 63.4 Å². The monoisotopic (exact) mass is 216 g/mol. The Hall–Kier alpha value is -1.75. The fraction of sp³-hybridized carbons (Fsp3) is 0.357. The maximum Gasteiger partial charge on any atom is 0.137 e. The number of nitrogens with zero attached hydrogens (tertiary/aromatic N) is 2. The minimum Gasteiger partial charge on any atom is -0.290 e. The molecule has 2 aromatic heterocycles. The summed E-state index contributed by atoms with van der Waals surface area (Å²) in [4.78, 5) is 4.19. The summed E-state index contributed by atoms with van der Waals surface area (Å²) in [7, 11) is 0. The van der Waals surface area contributed by atoms with Crippen molar-refractivity contribution >= 4 is 5.65 Å². The van der Waals surface area contributed by atoms with Crippen molar-refractivity contribution in [2.24, 2.45) is 0 Å². The zero-order valence-electron chi connectivity index (χ0n) is 10.8. The highest BCUT2D eigenvalue weighted by atomic mass is 15.0. The van der Waals surface area contributed by atoms with Crippen molar-refractivity contribution in [2.75, 3.05) is 0 Å². The molecule has 2 nitrogen and oxygen atoms in total. The molecule has 2 rings (SSSR count). The number of fused-ring (bicyclic) bond motifs is 1. The number of aromatic nitrogens is 2. The molecule has 2 heteroatoms. The Labute approximate surface area is 98.3 Å². The van der Waals surface area contributed by atoms with Gasteiger partial charge in [0.1, 0.15) is 5.65 Å². The summed E-state index contributed by atoms with van der Waals surface area (Å²) in [5, 5.41) is 0. The molecule has 0 saturated carbocycles. The predicted octanol–water partition coefficient (Wildman–Crippen LogP) is 3.68. The predicted molar refractivity (Wildman–Crippen MR) is 70.6 cm³/mol. The van der Waals surface area contributed by atoms with E-state index in [2.05, 4.69) is 10.9 Å². The van der Waals surface area contributed by atoms with Gasteiger partial charge in [-0.1, -0.05) is 39.7 Å². The van der Waals surface area contributed by atoms with Crippen LogP contribution in [-0.4, -0.2) is 9.38 Å². The van der Waals surface area contributed by atoms with Crippen LogP contribution in [0.25, 0.3) is 5.65 Å². The lowest BCUT2D eigenvalue weighted by atomic mass is 10.3. The van der Waals surface area contributed by atoms with E-state index in [0.717, 1.165) is 17.0 Å². The number of hydrogen-bond donors (Lipinski definition) is 0. The summed E-state index contributed by atoms with van der Waals surface area (Å²) in [5.74, 6) is 2.62. The summed E-state index contributed by atoms with van der Waals surface area (Å²) >= 11 is 0. The maximum atomic E-state index is 5.35. The Morgan fingerprint density at radius 3 is 2.38 bits per heavy atom. The minimum absolute atomic E-state index is 0.850. The SMILES string of the molecule is C#Cc1cccc2ncc(C)n12.CC.CC. The average Bonchev–Trinajstić information content (AvgIpc) is 2.76. The number of rotatable bonds is 0. The summed E-state index contributed by atoms with van der Waals surface area (Å²) in [5.41, 5.74) is 2.82. The van der Waals surface area contributed by atoms with Crippen LogP contribution in [0, 0.1) is 19.3 Å². The molecule has 0 radical (unpaired) electrons. The first-order valence-electron chi connectivity index (χ1n) is 5.72. The van der Waals surface area contributed by atoms with E-state index in [-0.39, 0.29) is 0 Å². The molecule has 0 spiro atoms. The van der Waals surface area contributed by atoms with Gasteiger partial charge in [0, 0.05) is 11.9 Å². The molecule has 16 heavy (non-hydrogen) atoms. The van der Waals surface area contributed by atoms with Crippen molar-refractivity contribution in [3.8, 4) is 12.3 Å². The summed E-state index contributed by atoms with van der Waals surface area (Å²) in [6, 6.07) is 5.76. The van der Waals surface area contributed by atoms with Crippen LogP contribution in [0.2, 0.25) is 0 Å². The van der Waals surface area contributed by atoms with Crippen molar-refractivity contribution in [3.63, 3.8) is 0 Å². The van der Waals surface area contributed by atoms with Gasteiger partial charge in [-0.25, -0.2) is 4.98 Å². The first-order chi connectivity index (χ1) is 7.83. The van der Waals surface area contributed by atoms with Crippen LogP contribution in [0.15, 0.2) is 24.4 Å². The van der Waals surface area contributed by atoms with Crippen molar-refractivity contribution in [3.05, 3.63) is 35.8 Å². The number of terminal acetylenes is 1. The maximum absolute atomic E-state index is 5.35. The van der Waals surface area contributed by atoms with E-state index in [1.54, 1.807) is 0 Å². The van der Waals surface area contributed by atoms with E-state index in [1.165, 1.54) is 0 Å². The molecule has 0 atom stereocenters. The van der Waals surface area contributed by atoms with Gasteiger partial charge in [0.05, 0.1) is 5.69 Å². The van der Waals surface area contributed by atoms with Crippen LogP contribution in [0.3, 0.4) is 0 Å². The van der Waals surface area contributed by atoms with E-state index in [9.17, 15) is 0 Å². The minimum atomic E-state index is 0.850. The third-order valence-electron chi connectivity index (χ3n) is 1.85. The van der Waals surface area contributed by atoms with Crippen LogP contribution in [0.5, 0.6) is 0 Å². The second-order valence-electron chi connectivity index (χ2n) is 2.65. The van der Waals surface area contributed by atoms with Gasteiger partial charge in [0.2, 0.25) is 0 Å². The van der Waals surface area contributed by atoms with E-state index >= 15 is 0 Å². The van der Waals surface area contributed by atoms with Crippen LogP contribution >= 0.6 is 0 Å². The molecule has 0 aromatic carbocycles. The number of hydrogen-bond acceptors (Lipinski definition) is 1. The number of aryl methyl sites for hydroxylation is 1. The van der Waals surface area contributed by atoms with Crippen molar-refractivity contribution < 1.29 is 0 Å². The Bertz CT molecular complexity index is 461. The van der Waals surface area contributed by atoms with E-state index in [4.69, 9.17) is 6.42 Å². The van der Waals surface area contributed by atoms with Gasteiger partial charge in [-0.05, 0) is 19.1 Å². The zero-order valence-corrected chi connectivity index (χ0v) is 10.8. The smallest absolute Gasteiger partial charge is 0.137 e. The topological polar surface area (TPSA) is 17.3 Å². The third kappa shape index (κ3) is 2.87. The Kier molecular flexibility index (Phi) is 6.71. The van der Waals surface area contributed by atoms with Crippen LogP contribution in [0.4, 0.5) is 0 Å². The molecule has 0 fully saturated rings. The van der Waals surface area contributed by atoms with Gasteiger partial charge >= 0.3 is 0 Å². The zero-order chi connectivity index (χ0) is 12.6. The normalized spacial score (nSPS) is 8.25. The number of imidazole rings is 1. The highest BCUT2D eigenvalue weighted by Crippen LogP contribution is 2.08. The quantitative estimate of drug-likeness (QED) is 0.614. The molecule has 2 heterocycles. The molecular weight excluding hydrogens is 196 g/mol. The van der Waals surface area contributed by atoms with Crippen molar-refractivity contribution in [1.29, 1.82) is 0 Å². The first-order valence-corrected chi connectivity index (χ1v) is 5.72. The number of pyridine rings is 1. The summed E-state index contributed by atoms with van der Waals surface area (Å²) in [6.07, 6.45) is 7.16. The second-order valence-corrected chi connectivity index (χ2v) is 2.65. The van der Waals surface area contributed by atoms with Crippen molar-refractivity contribution in [2.45, 2.75) is 34.6 Å². The molecule has 2 aromatic rings. The summed E-state index contributed by atoms with van der Waals surface area (Å²) in [6.45, 7) is 9.99. The molecule has 0 unspecified atom stereocenters. The lowest BCUT2D eigenvalue weighted by Gasteiger charge is -1.98. The first kappa shape index (κ1) is 14.2.